The summed E-state index contributed by atoms with van der Waals surface area (Å²) in [6, 6.07) is 9.97. The van der Waals surface area contributed by atoms with E-state index in [-0.39, 0.29) is 23.9 Å². The normalized spacial score (nSPS) is 15.2. The van der Waals surface area contributed by atoms with Crippen LogP contribution in [0, 0.1) is 5.92 Å². The van der Waals surface area contributed by atoms with Crippen LogP contribution in [0.3, 0.4) is 0 Å². The van der Waals surface area contributed by atoms with Crippen LogP contribution < -0.4 is 16.0 Å². The van der Waals surface area contributed by atoms with Crippen LogP contribution in [0.1, 0.15) is 24.2 Å². The number of hydrogen-bond donors (Lipinski definition) is 2. The Bertz CT molecular complexity index is 1150. The molecule has 12 heteroatoms. The molecule has 0 spiro atoms. The quantitative estimate of drug-likeness (QED) is 0.618. The average Bonchev–Trinajstić information content (AvgIpc) is 3.19. The highest BCUT2D eigenvalue weighted by Crippen LogP contribution is 2.29. The number of piperidine rings is 1. The lowest BCUT2D eigenvalue weighted by Gasteiger charge is -2.32. The second kappa shape index (κ2) is 8.44. The van der Waals surface area contributed by atoms with E-state index >= 15 is 0 Å². The number of carbonyl (C=O) groups is 2. The Morgan fingerprint density at radius 3 is 2.50 bits per heavy atom. The monoisotopic (exact) mass is 447 g/mol. The molecule has 4 rings (SSSR count). The summed E-state index contributed by atoms with van der Waals surface area (Å²) >= 11 is 0. The van der Waals surface area contributed by atoms with Crippen LogP contribution in [-0.4, -0.2) is 44.7 Å². The first-order valence-electron chi connectivity index (χ1n) is 9.94. The van der Waals surface area contributed by atoms with E-state index in [1.807, 2.05) is 4.90 Å². The van der Waals surface area contributed by atoms with Crippen molar-refractivity contribution >= 4 is 29.0 Å². The van der Waals surface area contributed by atoms with Gasteiger partial charge in [-0.15, -0.1) is 15.3 Å². The van der Waals surface area contributed by atoms with Crippen LogP contribution in [0.25, 0.3) is 5.65 Å². The Hall–Kier alpha value is -3.70. The molecule has 1 aliphatic heterocycles. The summed E-state index contributed by atoms with van der Waals surface area (Å²) < 4.78 is 40.0. The molecule has 0 aliphatic carbocycles. The number of nitrogens with two attached hydrogens (primary N) is 1. The zero-order valence-electron chi connectivity index (χ0n) is 16.8. The summed E-state index contributed by atoms with van der Waals surface area (Å²) in [7, 11) is 0. The van der Waals surface area contributed by atoms with E-state index in [1.165, 1.54) is 6.07 Å². The fourth-order valence-corrected chi connectivity index (χ4v) is 3.71. The molecule has 0 atom stereocenters. The molecule has 0 radical (unpaired) electrons. The Kier molecular flexibility index (Phi) is 5.68. The minimum absolute atomic E-state index is 0.00460. The second-order valence-electron chi connectivity index (χ2n) is 7.53. The number of halogens is 3. The van der Waals surface area contributed by atoms with E-state index in [0.717, 1.165) is 0 Å². The molecule has 1 saturated heterocycles. The van der Waals surface area contributed by atoms with Gasteiger partial charge in [-0.3, -0.25) is 9.59 Å². The van der Waals surface area contributed by atoms with Crippen molar-refractivity contribution in [2.75, 3.05) is 23.3 Å². The number of benzene rings is 1. The van der Waals surface area contributed by atoms with E-state index in [1.54, 1.807) is 30.3 Å². The standard InChI is InChI=1S/C20H20F3N7O2/c21-20(22,23)19-27-26-16-5-6-17(28-30(16)19)29-9-7-12(8-10-29)18(32)25-14-4-2-1-3-13(14)11-15(24)31/h1-6,12H,7-11H2,(H2,24,31)(H,25,32). The SMILES string of the molecule is NC(=O)Cc1ccccc1NC(=O)C1CCN(c2ccc3nnc(C(F)(F)F)n3n2)CC1. The Labute approximate surface area is 180 Å². The number of alkyl halides is 3. The zero-order valence-corrected chi connectivity index (χ0v) is 16.8. The smallest absolute Gasteiger partial charge is 0.369 e. The van der Waals surface area contributed by atoms with Gasteiger partial charge < -0.3 is 16.0 Å². The van der Waals surface area contributed by atoms with E-state index < -0.39 is 17.9 Å². The fourth-order valence-electron chi connectivity index (χ4n) is 3.71. The molecular formula is C20H20F3N7O2. The highest BCUT2D eigenvalue weighted by atomic mass is 19.4. The first kappa shape index (κ1) is 21.5. The number of fused-ring (bicyclic) bond motifs is 1. The highest BCUT2D eigenvalue weighted by molar-refractivity contribution is 5.94. The van der Waals surface area contributed by atoms with Crippen LogP contribution in [0.15, 0.2) is 36.4 Å². The van der Waals surface area contributed by atoms with Crippen molar-refractivity contribution in [2.24, 2.45) is 11.7 Å². The van der Waals surface area contributed by atoms with Crippen molar-refractivity contribution < 1.29 is 22.8 Å². The van der Waals surface area contributed by atoms with E-state index in [9.17, 15) is 22.8 Å². The predicted molar refractivity (Wildman–Crippen MR) is 109 cm³/mol. The lowest BCUT2D eigenvalue weighted by molar-refractivity contribution is -0.146. The number of hydrogen-bond acceptors (Lipinski definition) is 6. The number of carbonyl (C=O) groups excluding carboxylic acids is 2. The molecule has 168 valence electrons. The van der Waals surface area contributed by atoms with Gasteiger partial charge in [0.15, 0.2) is 5.65 Å². The number of rotatable bonds is 5. The third kappa shape index (κ3) is 4.48. The zero-order chi connectivity index (χ0) is 22.9. The molecule has 1 aliphatic rings. The Balaban J connectivity index is 1.42. The van der Waals surface area contributed by atoms with Gasteiger partial charge in [0.05, 0.1) is 6.42 Å². The molecule has 32 heavy (non-hydrogen) atoms. The van der Waals surface area contributed by atoms with Crippen molar-refractivity contribution in [1.82, 2.24) is 19.8 Å². The van der Waals surface area contributed by atoms with E-state index in [2.05, 4.69) is 20.6 Å². The molecule has 1 aromatic carbocycles. The van der Waals surface area contributed by atoms with Crippen molar-refractivity contribution in [3.8, 4) is 0 Å². The third-order valence-corrected chi connectivity index (χ3v) is 5.33. The first-order chi connectivity index (χ1) is 15.2. The van der Waals surface area contributed by atoms with Gasteiger partial charge in [0, 0.05) is 24.7 Å². The van der Waals surface area contributed by atoms with Gasteiger partial charge in [-0.2, -0.15) is 17.7 Å². The van der Waals surface area contributed by atoms with Gasteiger partial charge in [0.25, 0.3) is 5.82 Å². The minimum atomic E-state index is -4.67. The van der Waals surface area contributed by atoms with Gasteiger partial charge in [-0.05, 0) is 36.6 Å². The van der Waals surface area contributed by atoms with Crippen molar-refractivity contribution in [3.05, 3.63) is 47.8 Å². The molecule has 9 nitrogen and oxygen atoms in total. The maximum atomic E-state index is 13.1. The molecular weight excluding hydrogens is 427 g/mol. The minimum Gasteiger partial charge on any atom is -0.369 e. The van der Waals surface area contributed by atoms with E-state index in [0.29, 0.717) is 47.5 Å². The van der Waals surface area contributed by atoms with Crippen molar-refractivity contribution in [3.63, 3.8) is 0 Å². The highest BCUT2D eigenvalue weighted by Gasteiger charge is 2.38. The largest absolute Gasteiger partial charge is 0.453 e. The maximum absolute atomic E-state index is 13.1. The summed E-state index contributed by atoms with van der Waals surface area (Å²) in [6.45, 7) is 0.895. The van der Waals surface area contributed by atoms with Gasteiger partial charge >= 0.3 is 6.18 Å². The molecule has 0 unspecified atom stereocenters. The predicted octanol–water partition coefficient (Wildman–Crippen LogP) is 2.03. The van der Waals surface area contributed by atoms with E-state index in [4.69, 9.17) is 5.73 Å². The van der Waals surface area contributed by atoms with Crippen LogP contribution in [0.5, 0.6) is 0 Å². The molecule has 3 N–H and O–H groups in total. The number of nitrogens with zero attached hydrogens (tertiary/aromatic N) is 5. The topological polar surface area (TPSA) is 119 Å². The lowest BCUT2D eigenvalue weighted by Crippen LogP contribution is -2.39. The number of amides is 2. The number of primary amides is 1. The molecule has 2 aromatic heterocycles. The van der Waals surface area contributed by atoms with Crippen LogP contribution in [0.2, 0.25) is 0 Å². The first-order valence-corrected chi connectivity index (χ1v) is 9.94. The van der Waals surface area contributed by atoms with Crippen molar-refractivity contribution in [2.45, 2.75) is 25.4 Å². The molecule has 0 bridgehead atoms. The number of nitrogens with one attached hydrogen (secondary N) is 1. The summed E-state index contributed by atoms with van der Waals surface area (Å²) in [5.41, 5.74) is 6.44. The molecule has 2 amide bonds. The van der Waals surface area contributed by atoms with Gasteiger partial charge in [-0.25, -0.2) is 0 Å². The number of aromatic nitrogens is 4. The van der Waals surface area contributed by atoms with Gasteiger partial charge in [0.1, 0.15) is 5.82 Å². The molecule has 3 aromatic rings. The third-order valence-electron chi connectivity index (χ3n) is 5.33. The summed E-state index contributed by atoms with van der Waals surface area (Å²) in [4.78, 5) is 25.8. The van der Waals surface area contributed by atoms with Crippen LogP contribution in [0.4, 0.5) is 24.7 Å². The van der Waals surface area contributed by atoms with Crippen LogP contribution >= 0.6 is 0 Å². The van der Waals surface area contributed by atoms with Gasteiger partial charge in [-0.1, -0.05) is 18.2 Å². The second-order valence-corrected chi connectivity index (χ2v) is 7.53. The Morgan fingerprint density at radius 1 is 1.09 bits per heavy atom. The number of para-hydroxylation sites is 1. The van der Waals surface area contributed by atoms with Crippen molar-refractivity contribution in [1.29, 1.82) is 0 Å². The summed E-state index contributed by atoms with van der Waals surface area (Å²) in [6.07, 6.45) is -3.65. The average molecular weight is 447 g/mol. The van der Waals surface area contributed by atoms with Crippen LogP contribution in [-0.2, 0) is 22.2 Å². The Morgan fingerprint density at radius 2 is 1.81 bits per heavy atom. The summed E-state index contributed by atoms with van der Waals surface area (Å²) in [5, 5.41) is 13.6. The number of anilines is 2. The molecule has 0 saturated carbocycles. The molecule has 3 heterocycles. The molecule has 1 fully saturated rings. The van der Waals surface area contributed by atoms with Gasteiger partial charge in [0.2, 0.25) is 11.8 Å². The summed E-state index contributed by atoms with van der Waals surface area (Å²) in [5.74, 6) is -1.78. The fraction of sp³-hybridized carbons (Fsp3) is 0.350. The maximum Gasteiger partial charge on any atom is 0.453 e. The lowest BCUT2D eigenvalue weighted by atomic mass is 9.95.